The van der Waals surface area contributed by atoms with Crippen molar-refractivity contribution in [1.29, 1.82) is 0 Å². The van der Waals surface area contributed by atoms with Gasteiger partial charge < -0.3 is 0 Å². The maximum Gasteiger partial charge on any atom is 0.0853 e. The van der Waals surface area contributed by atoms with Gasteiger partial charge in [-0.15, -0.1) is 22.7 Å². The van der Waals surface area contributed by atoms with E-state index in [4.69, 9.17) is 0 Å². The van der Waals surface area contributed by atoms with Crippen molar-refractivity contribution >= 4 is 74.7 Å². The minimum Gasteiger partial charge on any atom is -0.142 e. The Labute approximate surface area is 106 Å². The molecule has 0 N–H and O–H groups in total. The molecule has 0 amide bonds. The van der Waals surface area contributed by atoms with Crippen LogP contribution in [-0.4, -0.2) is 0 Å². The van der Waals surface area contributed by atoms with E-state index in [2.05, 4.69) is 55.4 Å². The van der Waals surface area contributed by atoms with Gasteiger partial charge in [-0.1, -0.05) is 12.1 Å². The van der Waals surface area contributed by atoms with Crippen LogP contribution < -0.4 is 0 Å². The average molecular weight is 348 g/mol. The van der Waals surface area contributed by atoms with Gasteiger partial charge in [-0.3, -0.25) is 0 Å². The normalized spacial score (nSPS) is 11.6. The largest absolute Gasteiger partial charge is 0.142 e. The summed E-state index contributed by atoms with van der Waals surface area (Å²) >= 11 is 10.8. The van der Waals surface area contributed by atoms with Gasteiger partial charge in [0.1, 0.15) is 0 Å². The third kappa shape index (κ3) is 1.21. The molecule has 4 heteroatoms. The van der Waals surface area contributed by atoms with Gasteiger partial charge in [-0.25, -0.2) is 0 Å². The van der Waals surface area contributed by atoms with Gasteiger partial charge in [-0.2, -0.15) is 0 Å². The van der Waals surface area contributed by atoms with Crippen LogP contribution in [0.15, 0.2) is 31.8 Å². The van der Waals surface area contributed by atoms with E-state index in [1.807, 2.05) is 11.3 Å². The number of rotatable bonds is 0. The summed E-state index contributed by atoms with van der Waals surface area (Å²) in [4.78, 5) is 0. The fourth-order valence-electron chi connectivity index (χ4n) is 1.52. The Morgan fingerprint density at radius 3 is 2.71 bits per heavy atom. The van der Waals surface area contributed by atoms with Crippen molar-refractivity contribution in [3.63, 3.8) is 0 Å². The monoisotopic (exact) mass is 346 g/mol. The van der Waals surface area contributed by atoms with E-state index >= 15 is 0 Å². The van der Waals surface area contributed by atoms with E-state index in [1.165, 1.54) is 28.4 Å². The molecule has 3 aromatic rings. The third-order valence-corrected chi connectivity index (χ3v) is 6.77. The summed E-state index contributed by atoms with van der Waals surface area (Å²) in [5.74, 6) is 0. The van der Waals surface area contributed by atoms with Gasteiger partial charge in [0.25, 0.3) is 0 Å². The predicted octanol–water partition coefficient (Wildman–Crippen LogP) is 5.64. The molecule has 0 saturated heterocycles. The van der Waals surface area contributed by atoms with Crippen LogP contribution in [0, 0.1) is 0 Å². The number of hydrogen-bond donors (Lipinski definition) is 0. The maximum absolute atomic E-state index is 3.59. The Kier molecular flexibility index (Phi) is 2.20. The summed E-state index contributed by atoms with van der Waals surface area (Å²) in [6.07, 6.45) is 0. The van der Waals surface area contributed by atoms with E-state index in [0.717, 1.165) is 0 Å². The lowest BCUT2D eigenvalue weighted by Crippen LogP contribution is -1.64. The molecule has 0 saturated carbocycles. The Morgan fingerprint density at radius 2 is 1.86 bits per heavy atom. The second-order valence-electron chi connectivity index (χ2n) is 2.97. The highest BCUT2D eigenvalue weighted by Gasteiger charge is 2.10. The van der Waals surface area contributed by atoms with Crippen LogP contribution in [0.3, 0.4) is 0 Å². The Hall–Kier alpha value is 0.1000. The van der Waals surface area contributed by atoms with E-state index < -0.39 is 0 Å². The zero-order valence-corrected chi connectivity index (χ0v) is 11.7. The zero-order chi connectivity index (χ0) is 9.71. The molecule has 2 aromatic heterocycles. The molecule has 0 aliphatic carbocycles. The standard InChI is InChI=1S/C10H4Br2S2/c11-7-6-2-1-5-3-4-13-8(5)9(6)14-10(7)12/h1-4H. The summed E-state index contributed by atoms with van der Waals surface area (Å²) < 4.78 is 5.11. The molecule has 14 heavy (non-hydrogen) atoms. The molecule has 0 fully saturated rings. The quantitative estimate of drug-likeness (QED) is 0.493. The molecule has 0 radical (unpaired) electrons. The van der Waals surface area contributed by atoms with Crippen LogP contribution in [0.25, 0.3) is 20.2 Å². The molecule has 70 valence electrons. The lowest BCUT2D eigenvalue weighted by Gasteiger charge is -1.91. The van der Waals surface area contributed by atoms with Gasteiger partial charge >= 0.3 is 0 Å². The minimum atomic E-state index is 1.17. The maximum atomic E-state index is 3.59. The molecule has 3 rings (SSSR count). The first-order valence-electron chi connectivity index (χ1n) is 4.01. The first-order chi connectivity index (χ1) is 6.77. The molecule has 2 heterocycles. The molecule has 0 spiro atoms. The number of thiophene rings is 2. The van der Waals surface area contributed by atoms with Crippen LogP contribution in [0.5, 0.6) is 0 Å². The first kappa shape index (κ1) is 9.33. The predicted molar refractivity (Wildman–Crippen MR) is 72.6 cm³/mol. The highest BCUT2D eigenvalue weighted by Crippen LogP contribution is 2.43. The van der Waals surface area contributed by atoms with Crippen LogP contribution in [0.1, 0.15) is 0 Å². The number of hydrogen-bond acceptors (Lipinski definition) is 2. The third-order valence-electron chi connectivity index (χ3n) is 2.18. The second-order valence-corrected chi connectivity index (χ2v) is 7.02. The smallest absolute Gasteiger partial charge is 0.0853 e. The molecule has 0 bridgehead atoms. The topological polar surface area (TPSA) is 0 Å². The molecule has 0 unspecified atom stereocenters. The van der Waals surface area contributed by atoms with Crippen molar-refractivity contribution in [1.82, 2.24) is 0 Å². The van der Waals surface area contributed by atoms with E-state index in [0.29, 0.717) is 0 Å². The molecule has 0 aliphatic rings. The fraction of sp³-hybridized carbons (Fsp3) is 0. The van der Waals surface area contributed by atoms with Crippen LogP contribution in [-0.2, 0) is 0 Å². The first-order valence-corrected chi connectivity index (χ1v) is 7.29. The van der Waals surface area contributed by atoms with Crippen LogP contribution in [0.4, 0.5) is 0 Å². The minimum absolute atomic E-state index is 1.17. The van der Waals surface area contributed by atoms with Gasteiger partial charge in [0.15, 0.2) is 0 Å². The number of fused-ring (bicyclic) bond motifs is 3. The van der Waals surface area contributed by atoms with Gasteiger partial charge in [0.05, 0.1) is 17.7 Å². The summed E-state index contributed by atoms with van der Waals surface area (Å²) in [7, 11) is 0. The molecule has 0 nitrogen and oxygen atoms in total. The molecule has 1 aromatic carbocycles. The highest BCUT2D eigenvalue weighted by atomic mass is 79.9. The van der Waals surface area contributed by atoms with Crippen molar-refractivity contribution in [2.24, 2.45) is 0 Å². The van der Waals surface area contributed by atoms with Crippen molar-refractivity contribution in [2.75, 3.05) is 0 Å². The van der Waals surface area contributed by atoms with Gasteiger partial charge in [-0.05, 0) is 48.7 Å². The summed E-state index contributed by atoms with van der Waals surface area (Å²) in [6, 6.07) is 6.52. The van der Waals surface area contributed by atoms with E-state index in [1.54, 1.807) is 11.3 Å². The lowest BCUT2D eigenvalue weighted by molar-refractivity contribution is 1.89. The second kappa shape index (κ2) is 3.30. The Balaban J connectivity index is 2.63. The Morgan fingerprint density at radius 1 is 1.00 bits per heavy atom. The Bertz CT molecular complexity index is 621. The molecule has 0 aliphatic heterocycles. The van der Waals surface area contributed by atoms with E-state index in [-0.39, 0.29) is 0 Å². The number of benzene rings is 1. The SMILES string of the molecule is Brc1sc2c(ccc3ccsc32)c1Br. The fourth-order valence-corrected chi connectivity index (χ4v) is 4.90. The average Bonchev–Trinajstić information content (AvgIpc) is 2.73. The summed E-state index contributed by atoms with van der Waals surface area (Å²) in [5, 5.41) is 4.78. The van der Waals surface area contributed by atoms with Crippen LogP contribution >= 0.6 is 54.5 Å². The molecule has 0 atom stereocenters. The van der Waals surface area contributed by atoms with Crippen molar-refractivity contribution in [3.8, 4) is 0 Å². The zero-order valence-electron chi connectivity index (χ0n) is 6.88. The van der Waals surface area contributed by atoms with Crippen LogP contribution in [0.2, 0.25) is 0 Å². The number of halogens is 2. The lowest BCUT2D eigenvalue weighted by atomic mass is 10.2. The van der Waals surface area contributed by atoms with Crippen molar-refractivity contribution in [3.05, 3.63) is 31.8 Å². The summed E-state index contributed by atoms with van der Waals surface area (Å²) in [6.45, 7) is 0. The van der Waals surface area contributed by atoms with E-state index in [9.17, 15) is 0 Å². The highest BCUT2D eigenvalue weighted by molar-refractivity contribution is 9.13. The van der Waals surface area contributed by atoms with Gasteiger partial charge in [0, 0.05) is 5.39 Å². The molecular weight excluding hydrogens is 344 g/mol. The van der Waals surface area contributed by atoms with Crippen molar-refractivity contribution in [2.45, 2.75) is 0 Å². The van der Waals surface area contributed by atoms with Crippen molar-refractivity contribution < 1.29 is 0 Å². The summed E-state index contributed by atoms with van der Waals surface area (Å²) in [5.41, 5.74) is 0. The molecular formula is C10H4Br2S2. The van der Waals surface area contributed by atoms with Gasteiger partial charge in [0.2, 0.25) is 0 Å².